The van der Waals surface area contributed by atoms with E-state index in [4.69, 9.17) is 0 Å². The molecule has 0 fully saturated rings. The molecular weight excluding hydrogens is 198 g/mol. The molecule has 0 bridgehead atoms. The molecule has 0 saturated heterocycles. The third-order valence-electron chi connectivity index (χ3n) is 2.62. The predicted octanol–water partition coefficient (Wildman–Crippen LogP) is 3.26. The molecule has 16 heavy (non-hydrogen) atoms. The van der Waals surface area contributed by atoms with Gasteiger partial charge in [0.05, 0.1) is 0 Å². The van der Waals surface area contributed by atoms with E-state index in [1.54, 1.807) is 19.3 Å². The molecular formula is C14H13NO. The van der Waals surface area contributed by atoms with Crippen LogP contribution in [0.5, 0.6) is 0 Å². The second kappa shape index (κ2) is 4.27. The van der Waals surface area contributed by atoms with Crippen molar-refractivity contribution in [2.24, 2.45) is 0 Å². The van der Waals surface area contributed by atoms with Crippen LogP contribution >= 0.6 is 0 Å². The van der Waals surface area contributed by atoms with Gasteiger partial charge in [-0.25, -0.2) is 0 Å². The van der Waals surface area contributed by atoms with Gasteiger partial charge in [-0.15, -0.1) is 0 Å². The fourth-order valence-electron chi connectivity index (χ4n) is 1.86. The largest absolute Gasteiger partial charge is 0.294 e. The maximum absolute atomic E-state index is 11.6. The zero-order chi connectivity index (χ0) is 11.5. The van der Waals surface area contributed by atoms with Gasteiger partial charge in [0.2, 0.25) is 0 Å². The molecule has 0 saturated carbocycles. The minimum atomic E-state index is 0.0931. The van der Waals surface area contributed by atoms with Crippen LogP contribution in [0.15, 0.2) is 42.7 Å². The minimum absolute atomic E-state index is 0.0931. The average molecular weight is 211 g/mol. The minimum Gasteiger partial charge on any atom is -0.294 e. The van der Waals surface area contributed by atoms with E-state index < -0.39 is 0 Å². The molecule has 0 unspecified atom stereocenters. The molecule has 0 N–H and O–H groups in total. The molecule has 1 aromatic carbocycles. The first-order chi connectivity index (χ1) is 7.70. The Labute approximate surface area is 95.0 Å². The lowest BCUT2D eigenvalue weighted by atomic mass is 9.94. The zero-order valence-corrected chi connectivity index (χ0v) is 9.40. The predicted molar refractivity (Wildman–Crippen MR) is 64.4 cm³/mol. The summed E-state index contributed by atoms with van der Waals surface area (Å²) in [5, 5.41) is 0. The summed E-state index contributed by atoms with van der Waals surface area (Å²) in [7, 11) is 0. The van der Waals surface area contributed by atoms with E-state index in [1.165, 1.54) is 0 Å². The van der Waals surface area contributed by atoms with Crippen LogP contribution < -0.4 is 0 Å². The number of hydrogen-bond donors (Lipinski definition) is 0. The summed E-state index contributed by atoms with van der Waals surface area (Å²) in [6, 6.07) is 9.65. The molecule has 1 heterocycles. The van der Waals surface area contributed by atoms with Crippen molar-refractivity contribution in [1.82, 2.24) is 4.98 Å². The van der Waals surface area contributed by atoms with Crippen LogP contribution in [0.2, 0.25) is 0 Å². The highest BCUT2D eigenvalue weighted by molar-refractivity contribution is 6.01. The molecule has 0 spiro atoms. The Morgan fingerprint density at radius 1 is 1.12 bits per heavy atom. The molecule has 2 aromatic rings. The molecule has 80 valence electrons. The normalized spacial score (nSPS) is 10.1. The molecule has 0 atom stereocenters. The van der Waals surface area contributed by atoms with Gasteiger partial charge in [-0.1, -0.05) is 18.2 Å². The van der Waals surface area contributed by atoms with Crippen LogP contribution in [0.3, 0.4) is 0 Å². The second-order valence-corrected chi connectivity index (χ2v) is 3.79. The Hall–Kier alpha value is -1.96. The first-order valence-electron chi connectivity index (χ1n) is 5.21. The lowest BCUT2D eigenvalue weighted by Crippen LogP contribution is -1.98. The van der Waals surface area contributed by atoms with Gasteiger partial charge in [0, 0.05) is 18.0 Å². The van der Waals surface area contributed by atoms with Crippen molar-refractivity contribution < 1.29 is 4.79 Å². The van der Waals surface area contributed by atoms with E-state index in [1.807, 2.05) is 37.3 Å². The number of aryl methyl sites for hydroxylation is 1. The summed E-state index contributed by atoms with van der Waals surface area (Å²) in [4.78, 5) is 15.6. The van der Waals surface area contributed by atoms with Gasteiger partial charge >= 0.3 is 0 Å². The van der Waals surface area contributed by atoms with Crippen molar-refractivity contribution >= 4 is 5.78 Å². The van der Waals surface area contributed by atoms with Crippen LogP contribution in [0.4, 0.5) is 0 Å². The van der Waals surface area contributed by atoms with Crippen molar-refractivity contribution in [2.45, 2.75) is 13.8 Å². The number of ketones is 1. The molecule has 2 heteroatoms. The molecule has 0 amide bonds. The van der Waals surface area contributed by atoms with Gasteiger partial charge in [0.15, 0.2) is 5.78 Å². The molecule has 0 radical (unpaired) electrons. The quantitative estimate of drug-likeness (QED) is 0.714. The van der Waals surface area contributed by atoms with Gasteiger partial charge in [-0.2, -0.15) is 0 Å². The van der Waals surface area contributed by atoms with Crippen LogP contribution in [0, 0.1) is 6.92 Å². The Morgan fingerprint density at radius 3 is 2.44 bits per heavy atom. The number of pyridine rings is 1. The fourth-order valence-corrected chi connectivity index (χ4v) is 1.86. The molecule has 1 aromatic heterocycles. The van der Waals surface area contributed by atoms with Crippen molar-refractivity contribution in [3.05, 3.63) is 53.9 Å². The number of rotatable bonds is 2. The van der Waals surface area contributed by atoms with Crippen molar-refractivity contribution in [1.29, 1.82) is 0 Å². The summed E-state index contributed by atoms with van der Waals surface area (Å²) in [6.07, 6.45) is 3.48. The number of hydrogen-bond acceptors (Lipinski definition) is 2. The first-order valence-corrected chi connectivity index (χ1v) is 5.21. The molecule has 2 rings (SSSR count). The second-order valence-electron chi connectivity index (χ2n) is 3.79. The molecule has 2 nitrogen and oxygen atoms in total. The number of nitrogens with zero attached hydrogens (tertiary/aromatic N) is 1. The number of Topliss-reactive ketones (excluding diaryl/α,β-unsaturated/α-hetero) is 1. The monoisotopic (exact) mass is 211 g/mol. The number of benzene rings is 1. The summed E-state index contributed by atoms with van der Waals surface area (Å²) in [5.41, 5.74) is 3.93. The van der Waals surface area contributed by atoms with Crippen molar-refractivity contribution in [2.75, 3.05) is 0 Å². The third-order valence-corrected chi connectivity index (χ3v) is 2.62. The third kappa shape index (κ3) is 1.87. The fraction of sp³-hybridized carbons (Fsp3) is 0.143. The molecule has 0 aliphatic heterocycles. The highest BCUT2D eigenvalue weighted by atomic mass is 16.1. The van der Waals surface area contributed by atoms with Gasteiger partial charge in [-0.3, -0.25) is 9.78 Å². The Bertz CT molecular complexity index is 518. The van der Waals surface area contributed by atoms with E-state index in [9.17, 15) is 4.79 Å². The highest BCUT2D eigenvalue weighted by Crippen LogP contribution is 2.27. The SMILES string of the molecule is CC(=O)c1cccc(C)c1-c1ccncc1. The van der Waals surface area contributed by atoms with Crippen molar-refractivity contribution in [3.63, 3.8) is 0 Å². The van der Waals surface area contributed by atoms with Gasteiger partial charge in [-0.05, 0) is 42.7 Å². The van der Waals surface area contributed by atoms with Gasteiger partial charge in [0.25, 0.3) is 0 Å². The lowest BCUT2D eigenvalue weighted by Gasteiger charge is -2.10. The maximum atomic E-state index is 11.6. The topological polar surface area (TPSA) is 30.0 Å². The van der Waals surface area contributed by atoms with Crippen LogP contribution in [-0.2, 0) is 0 Å². The summed E-state index contributed by atoms with van der Waals surface area (Å²) in [6.45, 7) is 3.61. The number of carbonyl (C=O) groups is 1. The Morgan fingerprint density at radius 2 is 1.81 bits per heavy atom. The van der Waals surface area contributed by atoms with E-state index in [2.05, 4.69) is 4.98 Å². The number of aromatic nitrogens is 1. The van der Waals surface area contributed by atoms with E-state index in [0.29, 0.717) is 0 Å². The number of carbonyl (C=O) groups excluding carboxylic acids is 1. The van der Waals surface area contributed by atoms with Crippen LogP contribution in [0.1, 0.15) is 22.8 Å². The lowest BCUT2D eigenvalue weighted by molar-refractivity contribution is 0.101. The Kier molecular flexibility index (Phi) is 2.82. The first kappa shape index (κ1) is 10.6. The Balaban J connectivity index is 2.68. The summed E-state index contributed by atoms with van der Waals surface area (Å²) in [5.74, 6) is 0.0931. The molecule has 0 aliphatic rings. The van der Waals surface area contributed by atoms with Crippen molar-refractivity contribution in [3.8, 4) is 11.1 Å². The summed E-state index contributed by atoms with van der Waals surface area (Å²) >= 11 is 0. The highest BCUT2D eigenvalue weighted by Gasteiger charge is 2.10. The zero-order valence-electron chi connectivity index (χ0n) is 9.40. The average Bonchev–Trinajstić information content (AvgIpc) is 2.29. The summed E-state index contributed by atoms with van der Waals surface area (Å²) < 4.78 is 0. The van der Waals surface area contributed by atoms with Gasteiger partial charge < -0.3 is 0 Å². The van der Waals surface area contributed by atoms with E-state index in [-0.39, 0.29) is 5.78 Å². The maximum Gasteiger partial charge on any atom is 0.160 e. The van der Waals surface area contributed by atoms with E-state index >= 15 is 0 Å². The van der Waals surface area contributed by atoms with Gasteiger partial charge in [0.1, 0.15) is 0 Å². The van der Waals surface area contributed by atoms with Crippen LogP contribution in [0.25, 0.3) is 11.1 Å². The smallest absolute Gasteiger partial charge is 0.160 e. The molecule has 0 aliphatic carbocycles. The van der Waals surface area contributed by atoms with Crippen LogP contribution in [-0.4, -0.2) is 10.8 Å². The standard InChI is InChI=1S/C14H13NO/c1-10-4-3-5-13(11(2)16)14(10)12-6-8-15-9-7-12/h3-9H,1-2H3. The van der Waals surface area contributed by atoms with E-state index in [0.717, 1.165) is 22.3 Å².